The molecule has 132 valence electrons. The van der Waals surface area contributed by atoms with Crippen molar-refractivity contribution in [1.82, 2.24) is 15.1 Å². The third-order valence-corrected chi connectivity index (χ3v) is 4.09. The first-order chi connectivity index (χ1) is 11.6. The first kappa shape index (κ1) is 18.3. The van der Waals surface area contributed by atoms with E-state index in [0.717, 1.165) is 24.5 Å². The van der Waals surface area contributed by atoms with E-state index >= 15 is 0 Å². The average Bonchev–Trinajstić information content (AvgIpc) is 2.58. The molecule has 0 aromatic carbocycles. The monoisotopic (exact) mass is 336 g/mol. The van der Waals surface area contributed by atoms with Crippen LogP contribution in [0.1, 0.15) is 13.3 Å². The van der Waals surface area contributed by atoms with Gasteiger partial charge in [0.15, 0.2) is 5.92 Å². The van der Waals surface area contributed by atoms with Crippen molar-refractivity contribution in [2.75, 3.05) is 45.9 Å². The number of hydrogen-bond acceptors (Lipinski definition) is 6. The van der Waals surface area contributed by atoms with Gasteiger partial charge in [0.2, 0.25) is 11.8 Å². The van der Waals surface area contributed by atoms with Gasteiger partial charge in [-0.1, -0.05) is 13.0 Å². The minimum absolute atomic E-state index is 0.0687. The number of barbiturate groups is 1. The van der Waals surface area contributed by atoms with Crippen LogP contribution < -0.4 is 5.32 Å². The molecule has 4 amide bonds. The Hall–Kier alpha value is -2.06. The second-order valence-electron chi connectivity index (χ2n) is 5.65. The van der Waals surface area contributed by atoms with Crippen molar-refractivity contribution in [3.63, 3.8) is 0 Å². The van der Waals surface area contributed by atoms with Gasteiger partial charge in [-0.3, -0.25) is 29.7 Å². The molecule has 0 spiro atoms. The van der Waals surface area contributed by atoms with Gasteiger partial charge in [-0.05, 0) is 6.42 Å². The lowest BCUT2D eigenvalue weighted by molar-refractivity contribution is -0.139. The van der Waals surface area contributed by atoms with Crippen molar-refractivity contribution in [3.05, 3.63) is 12.7 Å². The fourth-order valence-electron chi connectivity index (χ4n) is 2.78. The Balaban J connectivity index is 2.04. The lowest BCUT2D eigenvalue weighted by atomic mass is 9.96. The third kappa shape index (κ3) is 4.27. The normalized spacial score (nSPS) is 23.4. The number of amides is 4. The smallest absolute Gasteiger partial charge is 0.331 e. The van der Waals surface area contributed by atoms with E-state index < -0.39 is 23.8 Å². The van der Waals surface area contributed by atoms with Gasteiger partial charge in [-0.25, -0.2) is 4.79 Å². The molecule has 0 aliphatic carbocycles. The van der Waals surface area contributed by atoms with Gasteiger partial charge in [0.25, 0.3) is 0 Å². The number of morpholine rings is 1. The van der Waals surface area contributed by atoms with Gasteiger partial charge in [0, 0.05) is 31.9 Å². The van der Waals surface area contributed by atoms with Crippen molar-refractivity contribution >= 4 is 23.6 Å². The van der Waals surface area contributed by atoms with Crippen molar-refractivity contribution < 1.29 is 19.1 Å². The number of nitrogens with one attached hydrogen (secondary N) is 1. The highest BCUT2D eigenvalue weighted by Gasteiger charge is 2.42. The summed E-state index contributed by atoms with van der Waals surface area (Å²) in [6.45, 7) is 9.87. The largest absolute Gasteiger partial charge is 0.379 e. The molecule has 2 saturated heterocycles. The molecule has 8 nitrogen and oxygen atoms in total. The Bertz CT molecular complexity index is 540. The van der Waals surface area contributed by atoms with E-state index in [4.69, 9.17) is 4.74 Å². The van der Waals surface area contributed by atoms with Gasteiger partial charge in [-0.2, -0.15) is 0 Å². The van der Waals surface area contributed by atoms with Gasteiger partial charge in [0.1, 0.15) is 0 Å². The summed E-state index contributed by atoms with van der Waals surface area (Å²) in [5, 5.41) is 2.22. The minimum Gasteiger partial charge on any atom is -0.379 e. The maximum atomic E-state index is 12.5. The van der Waals surface area contributed by atoms with E-state index in [1.807, 2.05) is 6.92 Å². The van der Waals surface area contributed by atoms with E-state index in [1.54, 1.807) is 0 Å². The molecule has 2 heterocycles. The number of hydrogen-bond donors (Lipinski definition) is 1. The van der Waals surface area contributed by atoms with Crippen LogP contribution in [0.4, 0.5) is 4.79 Å². The number of rotatable bonds is 7. The summed E-state index contributed by atoms with van der Waals surface area (Å²) < 4.78 is 5.30. The summed E-state index contributed by atoms with van der Waals surface area (Å²) in [6, 6.07) is -0.704. The van der Waals surface area contributed by atoms with Gasteiger partial charge in [-0.15, -0.1) is 6.58 Å². The predicted octanol–water partition coefficient (Wildman–Crippen LogP) is 0.0502. The molecule has 1 unspecified atom stereocenters. The quantitative estimate of drug-likeness (QED) is 0.403. The van der Waals surface area contributed by atoms with Crippen molar-refractivity contribution in [3.8, 4) is 0 Å². The summed E-state index contributed by atoms with van der Waals surface area (Å²) in [5.41, 5.74) is 0.507. The van der Waals surface area contributed by atoms with Crippen LogP contribution in [0, 0.1) is 5.92 Å². The number of imide groups is 2. The molecule has 2 aliphatic rings. The molecule has 2 rings (SSSR count). The van der Waals surface area contributed by atoms with Crippen LogP contribution >= 0.6 is 0 Å². The number of nitrogens with zero attached hydrogens (tertiary/aromatic N) is 3. The Kier molecular flexibility index (Phi) is 6.62. The molecule has 2 fully saturated rings. The van der Waals surface area contributed by atoms with Gasteiger partial charge < -0.3 is 4.74 Å². The first-order valence-corrected chi connectivity index (χ1v) is 8.18. The molecule has 0 aromatic rings. The molecule has 1 atom stereocenters. The minimum atomic E-state index is -1.03. The van der Waals surface area contributed by atoms with E-state index in [0.29, 0.717) is 31.9 Å². The molecule has 8 heteroatoms. The standard InChI is InChI=1S/C16H24N4O4/c1-3-6-20-15(22)13(14(21)18-16(20)23)12(4-2)17-5-7-19-8-10-24-11-9-19/h3,13H,1,4-11H2,2H3,(H,18,21,23). The number of urea groups is 1. The summed E-state index contributed by atoms with van der Waals surface area (Å²) in [6.07, 6.45) is 1.93. The van der Waals surface area contributed by atoms with Crippen LogP contribution in [0.15, 0.2) is 17.6 Å². The van der Waals surface area contributed by atoms with E-state index in [9.17, 15) is 14.4 Å². The average molecular weight is 336 g/mol. The van der Waals surface area contributed by atoms with Crippen LogP contribution in [0.25, 0.3) is 0 Å². The summed E-state index contributed by atoms with van der Waals surface area (Å²) >= 11 is 0. The second kappa shape index (κ2) is 8.70. The summed E-state index contributed by atoms with van der Waals surface area (Å²) in [4.78, 5) is 44.1. The third-order valence-electron chi connectivity index (χ3n) is 4.09. The van der Waals surface area contributed by atoms with E-state index in [-0.39, 0.29) is 6.54 Å². The predicted molar refractivity (Wildman–Crippen MR) is 88.8 cm³/mol. The van der Waals surface area contributed by atoms with Crippen LogP contribution in [-0.4, -0.2) is 79.3 Å². The van der Waals surface area contributed by atoms with Crippen molar-refractivity contribution in [2.24, 2.45) is 10.9 Å². The maximum Gasteiger partial charge on any atom is 0.331 e. The molecular formula is C16H24N4O4. The van der Waals surface area contributed by atoms with Gasteiger partial charge in [0.05, 0.1) is 19.8 Å². The first-order valence-electron chi connectivity index (χ1n) is 8.18. The number of ether oxygens (including phenoxy) is 1. The molecule has 1 N–H and O–H groups in total. The Labute approximate surface area is 141 Å². The van der Waals surface area contributed by atoms with Crippen LogP contribution in [0.5, 0.6) is 0 Å². The van der Waals surface area contributed by atoms with Crippen LogP contribution in [-0.2, 0) is 14.3 Å². The summed E-state index contributed by atoms with van der Waals surface area (Å²) in [7, 11) is 0. The fourth-order valence-corrected chi connectivity index (χ4v) is 2.78. The molecule has 0 aromatic heterocycles. The lowest BCUT2D eigenvalue weighted by Crippen LogP contribution is -2.59. The zero-order valence-electron chi connectivity index (χ0n) is 14.0. The zero-order valence-corrected chi connectivity index (χ0v) is 14.0. The molecule has 2 aliphatic heterocycles. The van der Waals surface area contributed by atoms with Crippen LogP contribution in [0.2, 0.25) is 0 Å². The molecule has 0 radical (unpaired) electrons. The number of carbonyl (C=O) groups is 3. The molecule has 24 heavy (non-hydrogen) atoms. The van der Waals surface area contributed by atoms with E-state index in [1.165, 1.54) is 6.08 Å². The van der Waals surface area contributed by atoms with Crippen LogP contribution in [0.3, 0.4) is 0 Å². The molecule has 0 bridgehead atoms. The number of aliphatic imine (C=N–C) groups is 1. The van der Waals surface area contributed by atoms with Crippen molar-refractivity contribution in [2.45, 2.75) is 13.3 Å². The zero-order chi connectivity index (χ0) is 17.5. The number of carbonyl (C=O) groups excluding carboxylic acids is 3. The van der Waals surface area contributed by atoms with Crippen molar-refractivity contribution in [1.29, 1.82) is 0 Å². The molecule has 0 saturated carbocycles. The lowest BCUT2D eigenvalue weighted by Gasteiger charge is -2.30. The molecular weight excluding hydrogens is 312 g/mol. The topological polar surface area (TPSA) is 91.3 Å². The highest BCUT2D eigenvalue weighted by atomic mass is 16.5. The fraction of sp³-hybridized carbons (Fsp3) is 0.625. The summed E-state index contributed by atoms with van der Waals surface area (Å²) in [5.74, 6) is -2.16. The Morgan fingerprint density at radius 2 is 2.08 bits per heavy atom. The Morgan fingerprint density at radius 3 is 2.71 bits per heavy atom. The Morgan fingerprint density at radius 1 is 1.38 bits per heavy atom. The maximum absolute atomic E-state index is 12.5. The van der Waals surface area contributed by atoms with Gasteiger partial charge >= 0.3 is 6.03 Å². The second-order valence-corrected chi connectivity index (χ2v) is 5.65. The van der Waals surface area contributed by atoms with E-state index in [2.05, 4.69) is 21.8 Å². The highest BCUT2D eigenvalue weighted by Crippen LogP contribution is 2.15. The highest BCUT2D eigenvalue weighted by molar-refractivity contribution is 6.27. The SMILES string of the molecule is C=CCN1C(=O)NC(=O)C(C(CC)=NCCN2CCOCC2)C1=O.